The van der Waals surface area contributed by atoms with E-state index in [4.69, 9.17) is 4.74 Å². The standard InChI is InChI=1S/C24H26F2N2O3S/c1-23(2,3)20(15-9-11-16(31-5)12-10-15)28(22(29)30)21-27-24(4,13-14-32-21)17-7-6-8-18(25)19(17)26/h6-14,20H,1-5H3,(H,29,30)/t20-,24?/m1/s1. The Morgan fingerprint density at radius 3 is 2.41 bits per heavy atom. The van der Waals surface area contributed by atoms with Crippen molar-refractivity contribution in [3.05, 3.63) is 76.7 Å². The second-order valence-electron chi connectivity index (χ2n) is 8.76. The van der Waals surface area contributed by atoms with E-state index in [1.54, 1.807) is 37.7 Å². The smallest absolute Gasteiger partial charge is 0.414 e. The van der Waals surface area contributed by atoms with Crippen LogP contribution in [0.15, 0.2) is 58.9 Å². The monoisotopic (exact) mass is 460 g/mol. The molecule has 0 saturated heterocycles. The summed E-state index contributed by atoms with van der Waals surface area (Å²) in [6, 6.07) is 10.5. The summed E-state index contributed by atoms with van der Waals surface area (Å²) < 4.78 is 33.7. The summed E-state index contributed by atoms with van der Waals surface area (Å²) in [4.78, 5) is 18.3. The summed E-state index contributed by atoms with van der Waals surface area (Å²) in [5.74, 6) is -1.32. The van der Waals surface area contributed by atoms with E-state index in [9.17, 15) is 18.7 Å². The first-order valence-corrected chi connectivity index (χ1v) is 10.9. The molecule has 32 heavy (non-hydrogen) atoms. The van der Waals surface area contributed by atoms with Gasteiger partial charge in [-0.3, -0.25) is 0 Å². The minimum absolute atomic E-state index is 0.0358. The van der Waals surface area contributed by atoms with Gasteiger partial charge in [0.15, 0.2) is 16.8 Å². The number of halogens is 2. The van der Waals surface area contributed by atoms with Gasteiger partial charge in [0.25, 0.3) is 0 Å². The SMILES string of the molecule is COc1ccc([C@@H](N(C(=O)O)C2=NC(C)(c3cccc(F)c3F)C=CS2)C(C)(C)C)cc1. The Morgan fingerprint density at radius 2 is 1.84 bits per heavy atom. The van der Waals surface area contributed by atoms with Crippen molar-refractivity contribution in [1.82, 2.24) is 4.90 Å². The molecule has 0 aromatic heterocycles. The van der Waals surface area contributed by atoms with Gasteiger partial charge in [0.2, 0.25) is 0 Å². The topological polar surface area (TPSA) is 62.1 Å². The van der Waals surface area contributed by atoms with Crippen molar-refractivity contribution in [2.24, 2.45) is 10.4 Å². The van der Waals surface area contributed by atoms with Crippen LogP contribution in [0.1, 0.15) is 44.9 Å². The van der Waals surface area contributed by atoms with E-state index in [1.807, 2.05) is 32.9 Å². The first-order valence-electron chi connectivity index (χ1n) is 10.0. The molecule has 1 N–H and O–H groups in total. The maximum absolute atomic E-state index is 14.6. The molecule has 170 valence electrons. The first kappa shape index (κ1) is 23.8. The largest absolute Gasteiger partial charge is 0.497 e. The number of carboxylic acid groups (broad SMARTS) is 1. The molecule has 1 heterocycles. The molecule has 0 saturated carbocycles. The summed E-state index contributed by atoms with van der Waals surface area (Å²) in [7, 11) is 1.56. The first-order chi connectivity index (χ1) is 15.0. The minimum Gasteiger partial charge on any atom is -0.497 e. The third-order valence-electron chi connectivity index (χ3n) is 5.31. The van der Waals surface area contributed by atoms with Crippen LogP contribution in [0.4, 0.5) is 13.6 Å². The van der Waals surface area contributed by atoms with Crippen molar-refractivity contribution in [3.63, 3.8) is 0 Å². The highest BCUT2D eigenvalue weighted by atomic mass is 32.2. The third kappa shape index (κ3) is 4.65. The second kappa shape index (κ2) is 8.94. The van der Waals surface area contributed by atoms with Crippen LogP contribution < -0.4 is 4.74 Å². The number of hydrogen-bond acceptors (Lipinski definition) is 4. The van der Waals surface area contributed by atoms with E-state index in [2.05, 4.69) is 4.99 Å². The number of amidine groups is 1. The lowest BCUT2D eigenvalue weighted by Crippen LogP contribution is -2.44. The third-order valence-corrected chi connectivity index (χ3v) is 6.08. The fraction of sp³-hybridized carbons (Fsp3) is 0.333. The van der Waals surface area contributed by atoms with Gasteiger partial charge in [-0.15, -0.1) is 0 Å². The van der Waals surface area contributed by atoms with Gasteiger partial charge in [0.1, 0.15) is 11.3 Å². The summed E-state index contributed by atoms with van der Waals surface area (Å²) in [6.45, 7) is 7.44. The van der Waals surface area contributed by atoms with Gasteiger partial charge in [-0.1, -0.05) is 56.8 Å². The maximum atomic E-state index is 14.6. The average Bonchev–Trinajstić information content (AvgIpc) is 2.72. The zero-order chi connectivity index (χ0) is 23.7. The Hall–Kier alpha value is -2.87. The number of hydrogen-bond donors (Lipinski definition) is 1. The molecule has 2 atom stereocenters. The molecule has 1 aliphatic heterocycles. The van der Waals surface area contributed by atoms with Crippen molar-refractivity contribution in [3.8, 4) is 5.75 Å². The van der Waals surface area contributed by atoms with Gasteiger partial charge in [-0.25, -0.2) is 23.5 Å². The van der Waals surface area contributed by atoms with Crippen LogP contribution in [-0.4, -0.2) is 28.4 Å². The van der Waals surface area contributed by atoms with E-state index < -0.39 is 34.7 Å². The van der Waals surface area contributed by atoms with Crippen LogP contribution >= 0.6 is 11.8 Å². The number of rotatable bonds is 4. The number of carbonyl (C=O) groups is 1. The number of aliphatic imine (C=N–C) groups is 1. The highest BCUT2D eigenvalue weighted by Crippen LogP contribution is 2.43. The molecular weight excluding hydrogens is 434 g/mol. The van der Waals surface area contributed by atoms with Crippen molar-refractivity contribution >= 4 is 23.0 Å². The average molecular weight is 461 g/mol. The van der Waals surface area contributed by atoms with Gasteiger partial charge < -0.3 is 9.84 Å². The van der Waals surface area contributed by atoms with Gasteiger partial charge in [-0.05, 0) is 47.6 Å². The number of thioether (sulfide) groups is 1. The molecular formula is C24H26F2N2O3S. The Morgan fingerprint density at radius 1 is 1.19 bits per heavy atom. The maximum Gasteiger partial charge on any atom is 0.414 e. The number of amides is 1. The van der Waals surface area contributed by atoms with Crippen molar-refractivity contribution in [2.45, 2.75) is 39.3 Å². The molecule has 2 aromatic carbocycles. The summed E-state index contributed by atoms with van der Waals surface area (Å²) >= 11 is 1.13. The number of ether oxygens (including phenoxy) is 1. The van der Waals surface area contributed by atoms with E-state index >= 15 is 0 Å². The molecule has 0 fully saturated rings. The Labute approximate surface area is 190 Å². The molecule has 0 bridgehead atoms. The van der Waals surface area contributed by atoms with Crippen molar-refractivity contribution < 1.29 is 23.4 Å². The second-order valence-corrected chi connectivity index (χ2v) is 9.63. The highest BCUT2D eigenvalue weighted by Gasteiger charge is 2.40. The quantitative estimate of drug-likeness (QED) is 0.560. The number of methoxy groups -OCH3 is 1. The summed E-state index contributed by atoms with van der Waals surface area (Å²) in [5, 5.41) is 12.1. The predicted octanol–water partition coefficient (Wildman–Crippen LogP) is 6.57. The summed E-state index contributed by atoms with van der Waals surface area (Å²) in [6.07, 6.45) is 0.447. The van der Waals surface area contributed by atoms with Gasteiger partial charge in [0.05, 0.1) is 13.2 Å². The zero-order valence-electron chi connectivity index (χ0n) is 18.6. The van der Waals surface area contributed by atoms with Crippen molar-refractivity contribution in [2.75, 3.05) is 7.11 Å². The molecule has 1 aliphatic rings. The van der Waals surface area contributed by atoms with E-state index in [-0.39, 0.29) is 10.7 Å². The van der Waals surface area contributed by atoms with Crippen LogP contribution in [-0.2, 0) is 5.54 Å². The van der Waals surface area contributed by atoms with Crippen molar-refractivity contribution in [1.29, 1.82) is 0 Å². The molecule has 3 rings (SSSR count). The lowest BCUT2D eigenvalue weighted by molar-refractivity contribution is 0.124. The summed E-state index contributed by atoms with van der Waals surface area (Å²) in [5.41, 5.74) is -0.966. The van der Waals surface area contributed by atoms with Crippen LogP contribution in [0.2, 0.25) is 0 Å². The molecule has 1 amide bonds. The Bertz CT molecular complexity index is 1060. The van der Waals surface area contributed by atoms with Crippen LogP contribution in [0, 0.1) is 17.0 Å². The highest BCUT2D eigenvalue weighted by molar-refractivity contribution is 8.16. The van der Waals surface area contributed by atoms with Crippen LogP contribution in [0.5, 0.6) is 5.75 Å². The Kier molecular flexibility index (Phi) is 6.64. The molecule has 0 radical (unpaired) electrons. The molecule has 5 nitrogen and oxygen atoms in total. The predicted molar refractivity (Wildman–Crippen MR) is 123 cm³/mol. The molecule has 2 aromatic rings. The normalized spacial score (nSPS) is 19.3. The lowest BCUT2D eigenvalue weighted by atomic mass is 9.81. The molecule has 0 spiro atoms. The minimum atomic E-state index is -1.26. The van der Waals surface area contributed by atoms with Gasteiger partial charge >= 0.3 is 6.09 Å². The molecule has 0 aliphatic carbocycles. The van der Waals surface area contributed by atoms with Crippen LogP contribution in [0.3, 0.4) is 0 Å². The Balaban J connectivity index is 2.13. The fourth-order valence-electron chi connectivity index (χ4n) is 3.77. The van der Waals surface area contributed by atoms with Gasteiger partial charge in [-0.2, -0.15) is 0 Å². The number of nitrogens with zero attached hydrogens (tertiary/aromatic N) is 2. The van der Waals surface area contributed by atoms with Gasteiger partial charge in [0, 0.05) is 5.56 Å². The van der Waals surface area contributed by atoms with E-state index in [1.165, 1.54) is 17.0 Å². The lowest BCUT2D eigenvalue weighted by Gasteiger charge is -2.40. The van der Waals surface area contributed by atoms with E-state index in [0.29, 0.717) is 5.75 Å². The molecule has 8 heteroatoms. The molecule has 1 unspecified atom stereocenters. The number of benzene rings is 2. The van der Waals surface area contributed by atoms with E-state index in [0.717, 1.165) is 23.4 Å². The van der Waals surface area contributed by atoms with Crippen LogP contribution in [0.25, 0.3) is 0 Å². The zero-order valence-corrected chi connectivity index (χ0v) is 19.4. The fourth-order valence-corrected chi connectivity index (χ4v) is 4.76.